The maximum atomic E-state index is 12.5. The van der Waals surface area contributed by atoms with Crippen LogP contribution >= 0.6 is 0 Å². The van der Waals surface area contributed by atoms with Gasteiger partial charge in [-0.15, -0.1) is 5.10 Å². The summed E-state index contributed by atoms with van der Waals surface area (Å²) in [5.74, 6) is 0.232. The number of carbonyl (C=O) groups is 2. The largest absolute Gasteiger partial charge is 0.363 e. The van der Waals surface area contributed by atoms with E-state index >= 15 is 0 Å². The first-order valence-electron chi connectivity index (χ1n) is 8.36. The second-order valence-electron chi connectivity index (χ2n) is 6.57. The highest BCUT2D eigenvalue weighted by molar-refractivity contribution is 5.90. The molecule has 1 aromatic heterocycles. The molecule has 4 rings (SSSR count). The molecule has 4 heterocycles. The molecule has 3 aliphatic heterocycles. The zero-order valence-electron chi connectivity index (χ0n) is 13.6. The smallest absolute Gasteiger partial charge is 0.293 e. The van der Waals surface area contributed by atoms with Crippen molar-refractivity contribution in [1.29, 1.82) is 0 Å². The molecule has 3 atom stereocenters. The monoisotopic (exact) mass is 335 g/mol. The number of piperidine rings is 1. The lowest BCUT2D eigenvalue weighted by molar-refractivity contribution is -0.180. The number of hydroxylamine groups is 2. The molecule has 0 radical (unpaired) electrons. The third kappa shape index (κ3) is 2.78. The van der Waals surface area contributed by atoms with Crippen molar-refractivity contribution in [2.24, 2.45) is 13.0 Å². The second kappa shape index (κ2) is 6.14. The fourth-order valence-electron chi connectivity index (χ4n) is 3.63. The van der Waals surface area contributed by atoms with Gasteiger partial charge in [-0.05, 0) is 25.2 Å². The molecule has 0 N–H and O–H groups in total. The molecular weight excluding hydrogens is 314 g/mol. The highest BCUT2D eigenvalue weighted by Gasteiger charge is 2.44. The van der Waals surface area contributed by atoms with Gasteiger partial charge in [0, 0.05) is 20.1 Å². The Bertz CT molecular complexity index is 642. The highest BCUT2D eigenvalue weighted by atomic mass is 16.7. The molecule has 9 nitrogen and oxygen atoms in total. The summed E-state index contributed by atoms with van der Waals surface area (Å²) in [4.78, 5) is 35.9. The van der Waals surface area contributed by atoms with Crippen LogP contribution in [0.2, 0.25) is 0 Å². The molecular formula is C15H21N5O4. The topological polar surface area (TPSA) is 89.8 Å². The van der Waals surface area contributed by atoms with Gasteiger partial charge in [-0.25, -0.2) is 10.0 Å². The van der Waals surface area contributed by atoms with Crippen molar-refractivity contribution in [3.8, 4) is 0 Å². The zero-order valence-corrected chi connectivity index (χ0v) is 13.6. The van der Waals surface area contributed by atoms with Crippen molar-refractivity contribution in [1.82, 2.24) is 24.7 Å². The van der Waals surface area contributed by atoms with Crippen LogP contribution in [0.3, 0.4) is 0 Å². The maximum absolute atomic E-state index is 12.5. The van der Waals surface area contributed by atoms with Crippen molar-refractivity contribution in [2.45, 2.75) is 31.5 Å². The summed E-state index contributed by atoms with van der Waals surface area (Å²) in [5, 5.41) is 5.48. The van der Waals surface area contributed by atoms with E-state index in [1.165, 1.54) is 16.1 Å². The van der Waals surface area contributed by atoms with E-state index < -0.39 is 6.10 Å². The van der Waals surface area contributed by atoms with Gasteiger partial charge < -0.3 is 9.64 Å². The average Bonchev–Trinajstić information content (AvgIpc) is 3.32. The van der Waals surface area contributed by atoms with E-state index in [-0.39, 0.29) is 23.7 Å². The van der Waals surface area contributed by atoms with Gasteiger partial charge in [0.05, 0.1) is 19.3 Å². The van der Waals surface area contributed by atoms with Crippen molar-refractivity contribution >= 4 is 11.8 Å². The quantitative estimate of drug-likeness (QED) is 0.730. The summed E-state index contributed by atoms with van der Waals surface area (Å²) in [7, 11) is 1.73. The number of ether oxygens (including phenoxy) is 1. The number of fused-ring (bicyclic) bond motifs is 1. The van der Waals surface area contributed by atoms with Crippen molar-refractivity contribution in [2.75, 3.05) is 26.2 Å². The molecule has 130 valence electrons. The zero-order chi connectivity index (χ0) is 16.7. The van der Waals surface area contributed by atoms with Gasteiger partial charge in [-0.3, -0.25) is 19.1 Å². The molecule has 3 aliphatic rings. The number of hydrogen-bond acceptors (Lipinski definition) is 6. The number of carbonyl (C=O) groups excluding carboxylic acids is 2. The first-order chi connectivity index (χ1) is 11.6. The van der Waals surface area contributed by atoms with E-state index in [0.29, 0.717) is 38.6 Å². The SMILES string of the molecule is Cn1cnc(C(=O)N2CC[C@H]3C[C@H](C(=O)N4CCCO4)O[C@@H]3C2)n1. The van der Waals surface area contributed by atoms with Crippen LogP contribution in [0.25, 0.3) is 0 Å². The number of hydrogen-bond donors (Lipinski definition) is 0. The Kier molecular flexibility index (Phi) is 3.97. The van der Waals surface area contributed by atoms with E-state index in [2.05, 4.69) is 10.1 Å². The van der Waals surface area contributed by atoms with Gasteiger partial charge in [0.25, 0.3) is 11.8 Å². The Labute approximate surface area is 139 Å². The maximum Gasteiger partial charge on any atom is 0.293 e. The molecule has 0 unspecified atom stereocenters. The van der Waals surface area contributed by atoms with Crippen LogP contribution in [0, 0.1) is 5.92 Å². The van der Waals surface area contributed by atoms with Crippen LogP contribution in [-0.2, 0) is 21.4 Å². The van der Waals surface area contributed by atoms with Gasteiger partial charge in [-0.2, -0.15) is 0 Å². The van der Waals surface area contributed by atoms with Crippen molar-refractivity contribution in [3.63, 3.8) is 0 Å². The number of nitrogens with zero attached hydrogens (tertiary/aromatic N) is 5. The summed E-state index contributed by atoms with van der Waals surface area (Å²) in [6.45, 7) is 2.34. The lowest BCUT2D eigenvalue weighted by atomic mass is 9.91. The van der Waals surface area contributed by atoms with Gasteiger partial charge >= 0.3 is 0 Å². The van der Waals surface area contributed by atoms with Crippen LogP contribution in [0.15, 0.2) is 6.33 Å². The van der Waals surface area contributed by atoms with Gasteiger partial charge in [0.1, 0.15) is 12.4 Å². The van der Waals surface area contributed by atoms with E-state index in [1.807, 2.05) is 0 Å². The Balaban J connectivity index is 1.38. The van der Waals surface area contributed by atoms with E-state index in [4.69, 9.17) is 9.57 Å². The van der Waals surface area contributed by atoms with Crippen molar-refractivity contribution < 1.29 is 19.2 Å². The molecule has 1 aromatic rings. The number of rotatable bonds is 2. The summed E-state index contributed by atoms with van der Waals surface area (Å²) < 4.78 is 7.46. The second-order valence-corrected chi connectivity index (χ2v) is 6.57. The average molecular weight is 335 g/mol. The first kappa shape index (κ1) is 15.5. The van der Waals surface area contributed by atoms with Crippen LogP contribution < -0.4 is 0 Å². The number of likely N-dealkylation sites (tertiary alicyclic amines) is 1. The lowest BCUT2D eigenvalue weighted by Crippen LogP contribution is -2.46. The molecule has 9 heteroatoms. The van der Waals surface area contributed by atoms with Crippen LogP contribution in [0.5, 0.6) is 0 Å². The molecule has 0 saturated carbocycles. The van der Waals surface area contributed by atoms with Crippen LogP contribution in [-0.4, -0.2) is 75.0 Å². The molecule has 2 amide bonds. The number of aryl methyl sites for hydroxylation is 1. The Hall–Kier alpha value is -2.00. The van der Waals surface area contributed by atoms with E-state index in [1.54, 1.807) is 11.9 Å². The predicted molar refractivity (Wildman–Crippen MR) is 80.6 cm³/mol. The minimum atomic E-state index is -0.457. The summed E-state index contributed by atoms with van der Waals surface area (Å²) in [6, 6.07) is 0. The van der Waals surface area contributed by atoms with Gasteiger partial charge in [0.15, 0.2) is 0 Å². The van der Waals surface area contributed by atoms with Gasteiger partial charge in [-0.1, -0.05) is 0 Å². The number of amides is 2. The minimum absolute atomic E-state index is 0.0915. The molecule has 24 heavy (non-hydrogen) atoms. The molecule has 0 aromatic carbocycles. The van der Waals surface area contributed by atoms with Crippen LogP contribution in [0.4, 0.5) is 0 Å². The molecule has 3 fully saturated rings. The Morgan fingerprint density at radius 1 is 1.33 bits per heavy atom. The fourth-order valence-corrected chi connectivity index (χ4v) is 3.63. The predicted octanol–water partition coefficient (Wildman–Crippen LogP) is -0.401. The third-order valence-electron chi connectivity index (χ3n) is 4.90. The Morgan fingerprint density at radius 3 is 2.92 bits per heavy atom. The van der Waals surface area contributed by atoms with E-state index in [9.17, 15) is 9.59 Å². The summed E-state index contributed by atoms with van der Waals surface area (Å²) >= 11 is 0. The van der Waals surface area contributed by atoms with Crippen molar-refractivity contribution in [3.05, 3.63) is 12.2 Å². The normalized spacial score (nSPS) is 29.8. The van der Waals surface area contributed by atoms with Crippen LogP contribution in [0.1, 0.15) is 29.9 Å². The third-order valence-corrected chi connectivity index (χ3v) is 4.90. The molecule has 3 saturated heterocycles. The highest BCUT2D eigenvalue weighted by Crippen LogP contribution is 2.34. The lowest BCUT2D eigenvalue weighted by Gasteiger charge is -2.33. The van der Waals surface area contributed by atoms with E-state index in [0.717, 1.165) is 12.8 Å². The molecule has 0 bridgehead atoms. The first-order valence-corrected chi connectivity index (χ1v) is 8.36. The van der Waals surface area contributed by atoms with Gasteiger partial charge in [0.2, 0.25) is 5.82 Å². The molecule has 0 spiro atoms. The summed E-state index contributed by atoms with van der Waals surface area (Å²) in [5.41, 5.74) is 0. The Morgan fingerprint density at radius 2 is 2.21 bits per heavy atom. The minimum Gasteiger partial charge on any atom is -0.363 e. The fraction of sp³-hybridized carbons (Fsp3) is 0.733. The number of aromatic nitrogens is 3. The molecule has 0 aliphatic carbocycles. The standard InChI is InChI=1S/C15H21N5O4/c1-18-9-16-13(17-18)15(22)19-5-3-10-7-11(24-12(10)8-19)14(21)20-4-2-6-23-20/h9-12H,2-8H2,1H3/t10-,11+,12+/m0/s1. The summed E-state index contributed by atoms with van der Waals surface area (Å²) in [6.07, 6.45) is 3.34.